The van der Waals surface area contributed by atoms with Gasteiger partial charge in [0, 0.05) is 18.2 Å². The molecule has 0 aliphatic carbocycles. The summed E-state index contributed by atoms with van der Waals surface area (Å²) < 4.78 is 16.5. The summed E-state index contributed by atoms with van der Waals surface area (Å²) in [6.07, 6.45) is 2.07. The summed E-state index contributed by atoms with van der Waals surface area (Å²) in [6.45, 7) is 12.5. The Morgan fingerprint density at radius 3 is 2.34 bits per heavy atom. The number of aryl methyl sites for hydroxylation is 1. The quantitative estimate of drug-likeness (QED) is 0.112. The first-order valence-corrected chi connectivity index (χ1v) is 14.9. The summed E-state index contributed by atoms with van der Waals surface area (Å²) >= 11 is 7.91. The van der Waals surface area contributed by atoms with Crippen LogP contribution in [0.3, 0.4) is 0 Å². The van der Waals surface area contributed by atoms with E-state index >= 15 is 0 Å². The van der Waals surface area contributed by atoms with E-state index in [9.17, 15) is 4.79 Å². The van der Waals surface area contributed by atoms with Crippen LogP contribution in [0.5, 0.6) is 5.75 Å². The molecule has 7 nitrogen and oxygen atoms in total. The first-order valence-electron chi connectivity index (χ1n) is 13.6. The van der Waals surface area contributed by atoms with Gasteiger partial charge in [-0.3, -0.25) is 4.79 Å². The number of H-pyrrole nitrogens is 1. The van der Waals surface area contributed by atoms with E-state index < -0.39 is 5.60 Å². The maximum absolute atomic E-state index is 12.1. The number of rotatable bonds is 10. The molecule has 1 N–H and O–H groups in total. The predicted octanol–water partition coefficient (Wildman–Crippen LogP) is 8.34. The van der Waals surface area contributed by atoms with Crippen LogP contribution in [0.2, 0.25) is 5.02 Å². The second-order valence-corrected chi connectivity index (χ2v) is 13.5. The van der Waals surface area contributed by atoms with Crippen molar-refractivity contribution in [3.63, 3.8) is 0 Å². The normalized spacial score (nSPS) is 12.1. The van der Waals surface area contributed by atoms with E-state index in [0.717, 1.165) is 35.3 Å². The van der Waals surface area contributed by atoms with E-state index in [1.54, 1.807) is 7.11 Å². The fourth-order valence-corrected chi connectivity index (χ4v) is 5.10. The number of fused-ring (bicyclic) bond motifs is 1. The zero-order valence-electron chi connectivity index (χ0n) is 24.8. The minimum Gasteiger partial charge on any atom is -0.467 e. The van der Waals surface area contributed by atoms with Crippen molar-refractivity contribution in [3.8, 4) is 28.1 Å². The number of carbonyl (C=O) groups excluding carboxylic acids is 1. The zero-order chi connectivity index (χ0) is 29.8. The molecule has 0 fully saturated rings. The van der Waals surface area contributed by atoms with Crippen molar-refractivity contribution in [3.05, 3.63) is 59.1 Å². The number of ether oxygens (including phenoxy) is 3. The smallest absolute Gasteiger partial charge is 0.316 e. The number of esters is 1. The first-order chi connectivity index (χ1) is 19.3. The molecule has 0 aliphatic rings. The van der Waals surface area contributed by atoms with Crippen LogP contribution in [0.1, 0.15) is 53.5 Å². The molecule has 0 radical (unpaired) electrons. The van der Waals surface area contributed by atoms with Crippen LogP contribution in [-0.4, -0.2) is 46.2 Å². The lowest BCUT2D eigenvalue weighted by molar-refractivity contribution is -0.151. The van der Waals surface area contributed by atoms with Gasteiger partial charge in [-0.15, -0.1) is 0 Å². The second kappa shape index (κ2) is 12.8. The summed E-state index contributed by atoms with van der Waals surface area (Å²) in [5, 5.41) is 1.08. The standard InChI is InChI=1S/C32H38ClN3O4S/c1-31(2,3)15-14-20-8-13-23(26(16-20)39-19-38-7)21-9-11-22(12-10-21)28-24(33)17-25-29(35-28)36-30(34-25)41-18-27(37)40-32(4,5)6/h8-13,16-17H,14-15,18-19H2,1-7H3,(H,34,35,36). The van der Waals surface area contributed by atoms with Crippen LogP contribution in [0, 0.1) is 5.41 Å². The fourth-order valence-electron chi connectivity index (χ4n) is 4.19. The monoisotopic (exact) mass is 595 g/mol. The highest BCUT2D eigenvalue weighted by Crippen LogP contribution is 2.35. The van der Waals surface area contributed by atoms with Crippen LogP contribution in [0.15, 0.2) is 53.7 Å². The predicted molar refractivity (Wildman–Crippen MR) is 167 cm³/mol. The Balaban J connectivity index is 1.54. The molecule has 0 amide bonds. The summed E-state index contributed by atoms with van der Waals surface area (Å²) in [7, 11) is 1.62. The minimum atomic E-state index is -0.529. The van der Waals surface area contributed by atoms with Crippen molar-refractivity contribution in [1.29, 1.82) is 0 Å². The molecule has 0 unspecified atom stereocenters. The molecule has 0 saturated heterocycles. The molecule has 0 atom stereocenters. The SMILES string of the molecule is COCOc1cc(CCC(C)(C)C)ccc1-c1ccc(-c2nc3nc(SCC(=O)OC(C)(C)C)[nH]c3cc2Cl)cc1. The lowest BCUT2D eigenvalue weighted by Gasteiger charge is -2.19. The van der Waals surface area contributed by atoms with Crippen LogP contribution in [-0.2, 0) is 20.7 Å². The highest BCUT2D eigenvalue weighted by molar-refractivity contribution is 7.99. The van der Waals surface area contributed by atoms with Crippen molar-refractivity contribution < 1.29 is 19.0 Å². The van der Waals surface area contributed by atoms with Crippen LogP contribution >= 0.6 is 23.4 Å². The topological polar surface area (TPSA) is 86.3 Å². The summed E-state index contributed by atoms with van der Waals surface area (Å²) in [5.41, 5.74) is 5.70. The number of hydrogen-bond donors (Lipinski definition) is 1. The molecule has 0 spiro atoms. The molecule has 9 heteroatoms. The molecule has 2 aromatic heterocycles. The maximum atomic E-state index is 12.1. The molecule has 4 rings (SSSR count). The Morgan fingerprint density at radius 1 is 0.976 bits per heavy atom. The van der Waals surface area contributed by atoms with Gasteiger partial charge in [-0.1, -0.05) is 80.5 Å². The molecular weight excluding hydrogens is 558 g/mol. The van der Waals surface area contributed by atoms with E-state index in [-0.39, 0.29) is 23.9 Å². The van der Waals surface area contributed by atoms with Crippen molar-refractivity contribution in [2.45, 2.75) is 65.1 Å². The minimum absolute atomic E-state index is 0.146. The number of nitrogens with one attached hydrogen (secondary N) is 1. The summed E-state index contributed by atoms with van der Waals surface area (Å²) in [6, 6.07) is 16.2. The van der Waals surface area contributed by atoms with Gasteiger partial charge in [0.2, 0.25) is 0 Å². The highest BCUT2D eigenvalue weighted by atomic mass is 35.5. The largest absolute Gasteiger partial charge is 0.467 e. The number of pyridine rings is 1. The molecule has 41 heavy (non-hydrogen) atoms. The number of nitrogens with zero attached hydrogens (tertiary/aromatic N) is 2. The maximum Gasteiger partial charge on any atom is 0.316 e. The Kier molecular flexibility index (Phi) is 9.67. The number of thioether (sulfide) groups is 1. The molecule has 4 aromatic rings. The third-order valence-electron chi connectivity index (χ3n) is 6.16. The number of aromatic amines is 1. The van der Waals surface area contributed by atoms with E-state index in [1.165, 1.54) is 17.3 Å². The highest BCUT2D eigenvalue weighted by Gasteiger charge is 2.18. The van der Waals surface area contributed by atoms with Gasteiger partial charge < -0.3 is 19.2 Å². The Bertz CT molecular complexity index is 1500. The Morgan fingerprint density at radius 2 is 1.68 bits per heavy atom. The van der Waals surface area contributed by atoms with Gasteiger partial charge in [0.15, 0.2) is 17.6 Å². The third kappa shape index (κ3) is 8.71. The van der Waals surface area contributed by atoms with E-state index in [4.69, 9.17) is 30.8 Å². The lowest BCUT2D eigenvalue weighted by atomic mass is 9.88. The van der Waals surface area contributed by atoms with Crippen molar-refractivity contribution in [2.75, 3.05) is 19.7 Å². The first kappa shape index (κ1) is 30.9. The van der Waals surface area contributed by atoms with E-state index in [0.29, 0.717) is 27.0 Å². The van der Waals surface area contributed by atoms with Gasteiger partial charge in [-0.05, 0) is 62.3 Å². The average Bonchev–Trinajstić information content (AvgIpc) is 3.29. The summed E-state index contributed by atoms with van der Waals surface area (Å²) in [5.74, 6) is 0.633. The Hall–Kier alpha value is -3.07. The number of imidazole rings is 1. The molecule has 218 valence electrons. The lowest BCUT2D eigenvalue weighted by Crippen LogP contribution is -2.24. The van der Waals surface area contributed by atoms with Crippen molar-refractivity contribution in [1.82, 2.24) is 15.0 Å². The third-order valence-corrected chi connectivity index (χ3v) is 7.30. The van der Waals surface area contributed by atoms with Crippen molar-refractivity contribution in [2.24, 2.45) is 5.41 Å². The van der Waals surface area contributed by atoms with Gasteiger partial charge in [-0.2, -0.15) is 0 Å². The number of hydrogen-bond acceptors (Lipinski definition) is 7. The van der Waals surface area contributed by atoms with E-state index in [1.807, 2.05) is 51.1 Å². The molecule has 0 bridgehead atoms. The van der Waals surface area contributed by atoms with Gasteiger partial charge in [0.1, 0.15) is 11.4 Å². The Labute approximate surface area is 251 Å². The zero-order valence-corrected chi connectivity index (χ0v) is 26.3. The van der Waals surface area contributed by atoms with Crippen LogP contribution in [0.4, 0.5) is 0 Å². The number of benzene rings is 2. The van der Waals surface area contributed by atoms with Gasteiger partial charge in [0.25, 0.3) is 0 Å². The van der Waals surface area contributed by atoms with Crippen molar-refractivity contribution >= 4 is 40.5 Å². The average molecular weight is 596 g/mol. The van der Waals surface area contributed by atoms with E-state index in [2.05, 4.69) is 48.9 Å². The molecule has 0 aliphatic heterocycles. The fraction of sp³-hybridized carbons (Fsp3) is 0.406. The van der Waals surface area contributed by atoms with Gasteiger partial charge in [-0.25, -0.2) is 9.97 Å². The van der Waals surface area contributed by atoms with Gasteiger partial charge in [0.05, 0.1) is 22.0 Å². The number of aromatic nitrogens is 3. The molecule has 0 saturated carbocycles. The van der Waals surface area contributed by atoms with Crippen LogP contribution < -0.4 is 4.74 Å². The number of methoxy groups -OCH3 is 1. The second-order valence-electron chi connectivity index (χ2n) is 12.1. The van der Waals surface area contributed by atoms with Crippen LogP contribution in [0.25, 0.3) is 33.5 Å². The number of carbonyl (C=O) groups is 1. The molecule has 2 heterocycles. The number of halogens is 1. The van der Waals surface area contributed by atoms with Gasteiger partial charge >= 0.3 is 5.97 Å². The molecular formula is C32H38ClN3O4S. The molecule has 2 aromatic carbocycles. The summed E-state index contributed by atoms with van der Waals surface area (Å²) in [4.78, 5) is 24.5.